The van der Waals surface area contributed by atoms with E-state index in [-0.39, 0.29) is 17.2 Å². The van der Waals surface area contributed by atoms with Gasteiger partial charge in [0.25, 0.3) is 11.6 Å². The van der Waals surface area contributed by atoms with E-state index in [0.29, 0.717) is 12.2 Å². The molecular weight excluding hydrogens is 284 g/mol. The van der Waals surface area contributed by atoms with Gasteiger partial charge >= 0.3 is 0 Å². The summed E-state index contributed by atoms with van der Waals surface area (Å²) in [5, 5.41) is 14.0. The Hall–Kier alpha value is -2.41. The van der Waals surface area contributed by atoms with Gasteiger partial charge in [0, 0.05) is 44.4 Å². The largest absolute Gasteiger partial charge is 0.363 e. The molecule has 1 fully saturated rings. The van der Waals surface area contributed by atoms with Gasteiger partial charge in [0.1, 0.15) is 5.69 Å². The van der Waals surface area contributed by atoms with Crippen molar-refractivity contribution in [1.82, 2.24) is 10.2 Å². The zero-order chi connectivity index (χ0) is 16.1. The second kappa shape index (κ2) is 7.04. The van der Waals surface area contributed by atoms with Crippen LogP contribution >= 0.6 is 0 Å². The van der Waals surface area contributed by atoms with Gasteiger partial charge < -0.3 is 15.1 Å². The van der Waals surface area contributed by atoms with E-state index in [2.05, 4.69) is 16.8 Å². The first kappa shape index (κ1) is 16.0. The number of benzene rings is 1. The van der Waals surface area contributed by atoms with Gasteiger partial charge in [-0.1, -0.05) is 6.08 Å². The van der Waals surface area contributed by atoms with Crippen molar-refractivity contribution in [2.45, 2.75) is 0 Å². The fourth-order valence-corrected chi connectivity index (χ4v) is 2.39. The molecule has 1 aromatic carbocycles. The molecule has 1 aliphatic heterocycles. The van der Waals surface area contributed by atoms with Crippen LogP contribution in [-0.4, -0.2) is 55.5 Å². The van der Waals surface area contributed by atoms with Crippen molar-refractivity contribution in [2.75, 3.05) is 44.7 Å². The molecule has 1 aromatic rings. The SMILES string of the molecule is C=CCNC(=O)c1ccc(N2CCN(C)CC2)c([N+](=O)[O-])c1. The van der Waals surface area contributed by atoms with Crippen molar-refractivity contribution >= 4 is 17.3 Å². The summed E-state index contributed by atoms with van der Waals surface area (Å²) in [6.45, 7) is 7.04. The molecule has 0 saturated carbocycles. The number of hydrogen-bond acceptors (Lipinski definition) is 5. The molecule has 0 radical (unpaired) electrons. The zero-order valence-electron chi connectivity index (χ0n) is 12.6. The number of hydrogen-bond donors (Lipinski definition) is 1. The number of anilines is 1. The number of amides is 1. The van der Waals surface area contributed by atoms with Crippen molar-refractivity contribution < 1.29 is 9.72 Å². The van der Waals surface area contributed by atoms with Crippen LogP contribution in [-0.2, 0) is 0 Å². The van der Waals surface area contributed by atoms with E-state index in [9.17, 15) is 14.9 Å². The van der Waals surface area contributed by atoms with Crippen LogP contribution in [0.15, 0.2) is 30.9 Å². The van der Waals surface area contributed by atoms with Gasteiger partial charge in [0.2, 0.25) is 0 Å². The number of nitro benzene ring substituents is 1. The lowest BCUT2D eigenvalue weighted by atomic mass is 10.1. The van der Waals surface area contributed by atoms with Gasteiger partial charge in [-0.15, -0.1) is 6.58 Å². The lowest BCUT2D eigenvalue weighted by Crippen LogP contribution is -2.44. The summed E-state index contributed by atoms with van der Waals surface area (Å²) >= 11 is 0. The summed E-state index contributed by atoms with van der Waals surface area (Å²) in [6.07, 6.45) is 1.56. The molecule has 0 aromatic heterocycles. The third kappa shape index (κ3) is 3.62. The van der Waals surface area contributed by atoms with Gasteiger partial charge in [-0.3, -0.25) is 14.9 Å². The number of carbonyl (C=O) groups is 1. The first-order valence-electron chi connectivity index (χ1n) is 7.14. The molecule has 0 atom stereocenters. The number of rotatable bonds is 5. The topological polar surface area (TPSA) is 78.7 Å². The molecule has 118 valence electrons. The fourth-order valence-electron chi connectivity index (χ4n) is 2.39. The van der Waals surface area contributed by atoms with Crippen molar-refractivity contribution in [3.8, 4) is 0 Å². The summed E-state index contributed by atoms with van der Waals surface area (Å²) in [4.78, 5) is 27.0. The minimum Gasteiger partial charge on any atom is -0.363 e. The maximum absolute atomic E-state index is 11.9. The van der Waals surface area contributed by atoms with Crippen LogP contribution in [0.2, 0.25) is 0 Å². The summed E-state index contributed by atoms with van der Waals surface area (Å²) < 4.78 is 0. The quantitative estimate of drug-likeness (QED) is 0.503. The first-order valence-corrected chi connectivity index (χ1v) is 7.14. The van der Waals surface area contributed by atoms with Crippen LogP contribution in [0.3, 0.4) is 0 Å². The Bertz CT molecular complexity index is 580. The molecule has 1 saturated heterocycles. The van der Waals surface area contributed by atoms with Crippen molar-refractivity contribution in [2.24, 2.45) is 0 Å². The average Bonchev–Trinajstić information content (AvgIpc) is 2.52. The highest BCUT2D eigenvalue weighted by molar-refractivity contribution is 5.95. The summed E-state index contributed by atoms with van der Waals surface area (Å²) in [7, 11) is 2.03. The van der Waals surface area contributed by atoms with Crippen molar-refractivity contribution in [1.29, 1.82) is 0 Å². The lowest BCUT2D eigenvalue weighted by Gasteiger charge is -2.33. The molecule has 0 bridgehead atoms. The van der Waals surface area contributed by atoms with E-state index in [1.54, 1.807) is 18.2 Å². The van der Waals surface area contributed by atoms with E-state index in [1.165, 1.54) is 6.07 Å². The van der Waals surface area contributed by atoms with Crippen molar-refractivity contribution in [3.05, 3.63) is 46.5 Å². The Morgan fingerprint density at radius 3 is 2.68 bits per heavy atom. The number of piperazine rings is 1. The molecule has 7 nitrogen and oxygen atoms in total. The molecule has 2 rings (SSSR count). The molecule has 1 aliphatic rings. The van der Waals surface area contributed by atoms with Crippen LogP contribution in [0.25, 0.3) is 0 Å². The predicted octanol–water partition coefficient (Wildman–Crippen LogP) is 1.26. The van der Waals surface area contributed by atoms with Gasteiger partial charge in [-0.25, -0.2) is 0 Å². The molecule has 1 N–H and O–H groups in total. The molecular formula is C15H20N4O3. The Morgan fingerprint density at radius 1 is 1.41 bits per heavy atom. The fraction of sp³-hybridized carbons (Fsp3) is 0.400. The molecule has 7 heteroatoms. The Morgan fingerprint density at radius 2 is 2.09 bits per heavy atom. The van der Waals surface area contributed by atoms with E-state index >= 15 is 0 Å². The van der Waals surface area contributed by atoms with E-state index in [1.807, 2.05) is 11.9 Å². The highest BCUT2D eigenvalue weighted by atomic mass is 16.6. The van der Waals surface area contributed by atoms with Crippen molar-refractivity contribution in [3.63, 3.8) is 0 Å². The normalized spacial score (nSPS) is 15.4. The lowest BCUT2D eigenvalue weighted by molar-refractivity contribution is -0.384. The Kier molecular flexibility index (Phi) is 5.11. The third-order valence-electron chi connectivity index (χ3n) is 3.69. The second-order valence-electron chi connectivity index (χ2n) is 5.25. The first-order chi connectivity index (χ1) is 10.5. The summed E-state index contributed by atoms with van der Waals surface area (Å²) in [6, 6.07) is 4.62. The highest BCUT2D eigenvalue weighted by Gasteiger charge is 2.24. The summed E-state index contributed by atoms with van der Waals surface area (Å²) in [5.74, 6) is -0.340. The molecule has 1 amide bonds. The van der Waals surface area contributed by atoms with E-state index in [0.717, 1.165) is 26.2 Å². The number of carbonyl (C=O) groups excluding carboxylic acids is 1. The molecule has 1 heterocycles. The zero-order valence-corrected chi connectivity index (χ0v) is 12.6. The van der Waals surface area contributed by atoms with Gasteiger partial charge in [0.15, 0.2) is 0 Å². The number of nitro groups is 1. The maximum atomic E-state index is 11.9. The summed E-state index contributed by atoms with van der Waals surface area (Å²) in [5.41, 5.74) is 0.820. The number of likely N-dealkylation sites (N-methyl/N-ethyl adjacent to an activating group) is 1. The minimum absolute atomic E-state index is 0.0317. The smallest absolute Gasteiger partial charge is 0.293 e. The average molecular weight is 304 g/mol. The van der Waals surface area contributed by atoms with E-state index in [4.69, 9.17) is 0 Å². The van der Waals surface area contributed by atoms with Gasteiger partial charge in [-0.2, -0.15) is 0 Å². The van der Waals surface area contributed by atoms with E-state index < -0.39 is 4.92 Å². The maximum Gasteiger partial charge on any atom is 0.293 e. The third-order valence-corrected chi connectivity index (χ3v) is 3.69. The number of nitrogens with zero attached hydrogens (tertiary/aromatic N) is 3. The highest BCUT2D eigenvalue weighted by Crippen LogP contribution is 2.30. The second-order valence-corrected chi connectivity index (χ2v) is 5.25. The molecule has 0 aliphatic carbocycles. The predicted molar refractivity (Wildman–Crippen MR) is 85.3 cm³/mol. The standard InChI is InChI=1S/C15H20N4O3/c1-3-6-16-15(20)12-4-5-13(14(11-12)19(21)22)18-9-7-17(2)8-10-18/h3-5,11H,1,6-10H2,2H3,(H,16,20). The van der Waals surface area contributed by atoms with Crippen LogP contribution in [0.4, 0.5) is 11.4 Å². The molecule has 22 heavy (non-hydrogen) atoms. The van der Waals surface area contributed by atoms with Crippen LogP contribution in [0.1, 0.15) is 10.4 Å². The van der Waals surface area contributed by atoms with Crippen LogP contribution < -0.4 is 10.2 Å². The van der Waals surface area contributed by atoms with Gasteiger partial charge in [-0.05, 0) is 19.2 Å². The van der Waals surface area contributed by atoms with Crippen LogP contribution in [0.5, 0.6) is 0 Å². The Labute approximate surface area is 129 Å². The molecule has 0 unspecified atom stereocenters. The monoisotopic (exact) mass is 304 g/mol. The Balaban J connectivity index is 2.25. The number of nitrogens with one attached hydrogen (secondary N) is 1. The molecule has 0 spiro atoms. The van der Waals surface area contributed by atoms with Crippen LogP contribution in [0, 0.1) is 10.1 Å². The minimum atomic E-state index is -0.433. The van der Waals surface area contributed by atoms with Gasteiger partial charge in [0.05, 0.1) is 4.92 Å².